The monoisotopic (exact) mass is 567 g/mol. The second-order valence-electron chi connectivity index (χ2n) is 11.4. The summed E-state index contributed by atoms with van der Waals surface area (Å²) in [5.74, 6) is -0.0895. The minimum Gasteiger partial charge on any atom is -0.466 e. The molecule has 0 heterocycles. The van der Waals surface area contributed by atoms with Crippen LogP contribution in [0.3, 0.4) is 0 Å². The maximum absolute atomic E-state index is 11.7. The molecular formula is C36H70O4. The van der Waals surface area contributed by atoms with Crippen LogP contribution in [-0.4, -0.2) is 25.2 Å². The highest BCUT2D eigenvalue weighted by Gasteiger charge is 2.04. The van der Waals surface area contributed by atoms with Crippen molar-refractivity contribution in [2.75, 3.05) is 13.2 Å². The summed E-state index contributed by atoms with van der Waals surface area (Å²) >= 11 is 0. The van der Waals surface area contributed by atoms with Gasteiger partial charge in [-0.25, -0.2) is 0 Å². The molecule has 0 rings (SSSR count). The second kappa shape index (κ2) is 37.7. The van der Waals surface area contributed by atoms with E-state index in [1.54, 1.807) is 0 Å². The van der Waals surface area contributed by atoms with Crippen LogP contribution >= 0.6 is 0 Å². The molecule has 0 aliphatic heterocycles. The van der Waals surface area contributed by atoms with Gasteiger partial charge in [-0.05, 0) is 38.5 Å². The molecule has 0 atom stereocenters. The zero-order valence-corrected chi connectivity index (χ0v) is 27.4. The van der Waals surface area contributed by atoms with Crippen molar-refractivity contribution in [2.24, 2.45) is 0 Å². The molecule has 0 radical (unpaired) electrons. The lowest BCUT2D eigenvalue weighted by Crippen LogP contribution is -2.06. The smallest absolute Gasteiger partial charge is 0.305 e. The molecule has 238 valence electrons. The van der Waals surface area contributed by atoms with Gasteiger partial charge in [-0.3, -0.25) is 9.59 Å². The standard InChI is InChI=1S/C26H50O4.C10H20/c1-3-5-7-9-15-19-23-29-25(27)21-17-13-11-12-14-18-22-26(28)30-24-20-16-10-8-6-4-2;1-3-5-7-9-10-8-6-4-2/h3-24H2,1-2H3;3H,1,4-10H2,2H3. The first-order chi connectivity index (χ1) is 19.6. The van der Waals surface area contributed by atoms with Gasteiger partial charge in [0.25, 0.3) is 0 Å². The highest BCUT2D eigenvalue weighted by Crippen LogP contribution is 2.11. The maximum atomic E-state index is 11.7. The molecule has 40 heavy (non-hydrogen) atoms. The fraction of sp³-hybridized carbons (Fsp3) is 0.889. The van der Waals surface area contributed by atoms with E-state index in [0.717, 1.165) is 51.4 Å². The Morgan fingerprint density at radius 3 is 1.10 bits per heavy atom. The lowest BCUT2D eigenvalue weighted by atomic mass is 10.1. The molecular weight excluding hydrogens is 496 g/mol. The molecule has 4 heteroatoms. The van der Waals surface area contributed by atoms with Gasteiger partial charge in [0.1, 0.15) is 0 Å². The van der Waals surface area contributed by atoms with E-state index in [4.69, 9.17) is 9.47 Å². The van der Waals surface area contributed by atoms with Crippen LogP contribution in [0, 0.1) is 0 Å². The number of unbranched alkanes of at least 4 members (excludes halogenated alkanes) is 21. The predicted molar refractivity (Wildman–Crippen MR) is 174 cm³/mol. The highest BCUT2D eigenvalue weighted by atomic mass is 16.5. The van der Waals surface area contributed by atoms with Gasteiger partial charge in [-0.15, -0.1) is 6.58 Å². The summed E-state index contributed by atoms with van der Waals surface area (Å²) in [7, 11) is 0. The number of esters is 2. The Labute approximate surface area is 250 Å². The molecule has 0 aliphatic carbocycles. The number of carbonyl (C=O) groups is 2. The van der Waals surface area contributed by atoms with Gasteiger partial charge >= 0.3 is 11.9 Å². The van der Waals surface area contributed by atoms with Crippen LogP contribution in [0.25, 0.3) is 0 Å². The summed E-state index contributed by atoms with van der Waals surface area (Å²) in [6, 6.07) is 0. The molecule has 0 bridgehead atoms. The molecule has 0 saturated carbocycles. The summed E-state index contributed by atoms with van der Waals surface area (Å²) in [5.41, 5.74) is 0. The van der Waals surface area contributed by atoms with E-state index in [1.807, 2.05) is 6.08 Å². The molecule has 0 fully saturated rings. The van der Waals surface area contributed by atoms with Crippen LogP contribution in [0.15, 0.2) is 12.7 Å². The van der Waals surface area contributed by atoms with Gasteiger partial charge in [0.2, 0.25) is 0 Å². The molecule has 0 saturated heterocycles. The molecule has 0 aromatic carbocycles. The van der Waals surface area contributed by atoms with E-state index in [2.05, 4.69) is 27.4 Å². The van der Waals surface area contributed by atoms with Crippen LogP contribution in [-0.2, 0) is 19.1 Å². The Morgan fingerprint density at radius 2 is 0.750 bits per heavy atom. The third-order valence-electron chi connectivity index (χ3n) is 7.30. The first-order valence-electron chi connectivity index (χ1n) is 17.5. The maximum Gasteiger partial charge on any atom is 0.305 e. The molecule has 0 spiro atoms. The van der Waals surface area contributed by atoms with Crippen LogP contribution in [0.2, 0.25) is 0 Å². The summed E-state index contributed by atoms with van der Waals surface area (Å²) in [6.45, 7) is 11.6. The normalized spacial score (nSPS) is 10.6. The zero-order chi connectivity index (χ0) is 29.8. The Morgan fingerprint density at radius 1 is 0.450 bits per heavy atom. The van der Waals surface area contributed by atoms with E-state index in [0.29, 0.717) is 26.1 Å². The Bertz CT molecular complexity index is 481. The van der Waals surface area contributed by atoms with Gasteiger partial charge in [0.05, 0.1) is 13.2 Å². The quantitative estimate of drug-likeness (QED) is 0.0493. The van der Waals surface area contributed by atoms with Crippen molar-refractivity contribution < 1.29 is 19.1 Å². The van der Waals surface area contributed by atoms with Gasteiger partial charge in [-0.2, -0.15) is 0 Å². The molecule has 0 aliphatic rings. The second-order valence-corrected chi connectivity index (χ2v) is 11.4. The van der Waals surface area contributed by atoms with Crippen molar-refractivity contribution in [1.82, 2.24) is 0 Å². The number of hydrogen-bond donors (Lipinski definition) is 0. The average molecular weight is 567 g/mol. The molecule has 0 aromatic heterocycles. The average Bonchev–Trinajstić information content (AvgIpc) is 2.95. The van der Waals surface area contributed by atoms with Crippen molar-refractivity contribution >= 4 is 11.9 Å². The number of ether oxygens (including phenoxy) is 2. The Kier molecular flexibility index (Phi) is 38.5. The minimum absolute atomic E-state index is 0.0448. The topological polar surface area (TPSA) is 52.6 Å². The lowest BCUT2D eigenvalue weighted by molar-refractivity contribution is -0.144. The minimum atomic E-state index is -0.0448. The van der Waals surface area contributed by atoms with Crippen molar-refractivity contribution in [3.8, 4) is 0 Å². The van der Waals surface area contributed by atoms with Crippen LogP contribution in [0.1, 0.15) is 194 Å². The van der Waals surface area contributed by atoms with E-state index < -0.39 is 0 Å². The third-order valence-corrected chi connectivity index (χ3v) is 7.30. The zero-order valence-electron chi connectivity index (χ0n) is 27.4. The SMILES string of the molecule is C=CCCCCCCCC.CCCCCCCCOC(=O)CCCCCCCCC(=O)OCCCCCCCC. The summed E-state index contributed by atoms with van der Waals surface area (Å²) in [6.07, 6.45) is 33.4. The number of carbonyl (C=O) groups excluding carboxylic acids is 2. The highest BCUT2D eigenvalue weighted by molar-refractivity contribution is 5.69. The largest absolute Gasteiger partial charge is 0.466 e. The number of hydrogen-bond acceptors (Lipinski definition) is 4. The Balaban J connectivity index is 0. The number of rotatable bonds is 30. The summed E-state index contributed by atoms with van der Waals surface area (Å²) in [4.78, 5) is 23.4. The van der Waals surface area contributed by atoms with Gasteiger partial charge in [0, 0.05) is 12.8 Å². The van der Waals surface area contributed by atoms with Gasteiger partial charge in [0.15, 0.2) is 0 Å². The fourth-order valence-corrected chi connectivity index (χ4v) is 4.60. The predicted octanol–water partition coefficient (Wildman–Crippen LogP) is 11.8. The van der Waals surface area contributed by atoms with Crippen molar-refractivity contribution in [3.63, 3.8) is 0 Å². The summed E-state index contributed by atoms with van der Waals surface area (Å²) < 4.78 is 10.6. The number of allylic oxidation sites excluding steroid dienone is 1. The first-order valence-corrected chi connectivity index (χ1v) is 17.5. The van der Waals surface area contributed by atoms with E-state index in [-0.39, 0.29) is 11.9 Å². The Hall–Kier alpha value is -1.32. The molecule has 0 unspecified atom stereocenters. The first kappa shape index (κ1) is 40.8. The van der Waals surface area contributed by atoms with Crippen LogP contribution in [0.5, 0.6) is 0 Å². The fourth-order valence-electron chi connectivity index (χ4n) is 4.60. The van der Waals surface area contributed by atoms with Crippen molar-refractivity contribution in [2.45, 2.75) is 194 Å². The third kappa shape index (κ3) is 38.8. The molecule has 0 aromatic rings. The molecule has 4 nitrogen and oxygen atoms in total. The lowest BCUT2D eigenvalue weighted by Gasteiger charge is -2.06. The van der Waals surface area contributed by atoms with E-state index in [9.17, 15) is 9.59 Å². The van der Waals surface area contributed by atoms with Crippen molar-refractivity contribution in [3.05, 3.63) is 12.7 Å². The van der Waals surface area contributed by atoms with Gasteiger partial charge < -0.3 is 9.47 Å². The van der Waals surface area contributed by atoms with Crippen LogP contribution in [0.4, 0.5) is 0 Å². The van der Waals surface area contributed by atoms with E-state index in [1.165, 1.54) is 109 Å². The van der Waals surface area contributed by atoms with E-state index >= 15 is 0 Å². The van der Waals surface area contributed by atoms with Crippen molar-refractivity contribution in [1.29, 1.82) is 0 Å². The summed E-state index contributed by atoms with van der Waals surface area (Å²) in [5, 5.41) is 0. The van der Waals surface area contributed by atoms with Gasteiger partial charge in [-0.1, -0.05) is 149 Å². The van der Waals surface area contributed by atoms with Crippen LogP contribution < -0.4 is 0 Å². The molecule has 0 amide bonds. The molecule has 0 N–H and O–H groups in total.